The number of carbonyl (C=O) groups excluding carboxylic acids is 1. The molecule has 236 valence electrons. The van der Waals surface area contributed by atoms with Crippen LogP contribution in [-0.2, 0) is 16.1 Å². The van der Waals surface area contributed by atoms with E-state index in [1.54, 1.807) is 19.5 Å². The summed E-state index contributed by atoms with van der Waals surface area (Å²) in [5, 5.41) is 36.1. The molecular weight excluding hydrogens is 596 g/mol. The third-order valence-electron chi connectivity index (χ3n) is 5.00. The van der Waals surface area contributed by atoms with E-state index in [1.807, 2.05) is 54.4 Å². The van der Waals surface area contributed by atoms with Gasteiger partial charge in [0.25, 0.3) is 0 Å². The lowest BCUT2D eigenvalue weighted by Gasteiger charge is -2.23. The van der Waals surface area contributed by atoms with Crippen LogP contribution in [0.1, 0.15) is 5.56 Å². The number of aliphatic hydroxyl groups is 1. The fraction of sp³-hybridized carbons (Fsp3) is 0.280. The number of aliphatic carboxylic acids is 2. The number of carboxylic acids is 2. The smallest absolute Gasteiger partial charge is 0.490 e. The van der Waals surface area contributed by atoms with Crippen molar-refractivity contribution in [3.05, 3.63) is 60.4 Å². The molecule has 0 saturated heterocycles. The Morgan fingerprint density at radius 2 is 1.58 bits per heavy atom. The van der Waals surface area contributed by atoms with Crippen molar-refractivity contribution >= 4 is 29.3 Å². The van der Waals surface area contributed by atoms with Crippen LogP contribution in [0.3, 0.4) is 0 Å². The number of aromatic nitrogens is 2. The summed E-state index contributed by atoms with van der Waals surface area (Å²) in [6.07, 6.45) is -6.63. The molecule has 2 aromatic carbocycles. The Labute approximate surface area is 239 Å². The van der Waals surface area contributed by atoms with Gasteiger partial charge in [0.2, 0.25) is 0 Å². The van der Waals surface area contributed by atoms with E-state index in [0.29, 0.717) is 18.8 Å². The van der Waals surface area contributed by atoms with Gasteiger partial charge in [-0.15, -0.1) is 0 Å². The van der Waals surface area contributed by atoms with Crippen LogP contribution in [0.5, 0.6) is 5.75 Å². The number of methoxy groups -OCH3 is 1. The van der Waals surface area contributed by atoms with E-state index >= 15 is 0 Å². The highest BCUT2D eigenvalue weighted by Gasteiger charge is 2.38. The molecule has 0 atom stereocenters. The highest BCUT2D eigenvalue weighted by molar-refractivity contribution is 5.94. The Morgan fingerprint density at radius 1 is 0.977 bits per heavy atom. The third kappa shape index (κ3) is 13.0. The number of aliphatic hydroxyl groups excluding tert-OH is 1. The van der Waals surface area contributed by atoms with Gasteiger partial charge >= 0.3 is 30.3 Å². The van der Waals surface area contributed by atoms with Crippen LogP contribution in [0, 0.1) is 0 Å². The number of amides is 2. The molecule has 0 aliphatic heterocycles. The Morgan fingerprint density at radius 3 is 2.07 bits per heavy atom. The van der Waals surface area contributed by atoms with Gasteiger partial charge < -0.3 is 35.6 Å². The zero-order valence-corrected chi connectivity index (χ0v) is 22.5. The monoisotopic (exact) mass is 623 g/mol. The number of nitrogens with one attached hydrogen (secondary N) is 3. The second-order valence-electron chi connectivity index (χ2n) is 8.13. The topological polar surface area (TPSA) is 177 Å². The summed E-state index contributed by atoms with van der Waals surface area (Å²) in [6, 6.07) is 12.9. The minimum Gasteiger partial charge on any atom is -0.497 e. The Bertz CT molecular complexity index is 1310. The largest absolute Gasteiger partial charge is 0.497 e. The first kappa shape index (κ1) is 36.0. The summed E-state index contributed by atoms with van der Waals surface area (Å²) in [4.78, 5) is 32.1. The van der Waals surface area contributed by atoms with Crippen molar-refractivity contribution in [3.8, 4) is 16.9 Å². The van der Waals surface area contributed by atoms with Crippen LogP contribution >= 0.6 is 0 Å². The number of rotatable bonds is 8. The van der Waals surface area contributed by atoms with E-state index in [1.165, 1.54) is 0 Å². The molecule has 1 aromatic heterocycles. The molecule has 0 spiro atoms. The lowest BCUT2D eigenvalue weighted by molar-refractivity contribution is -0.193. The van der Waals surface area contributed by atoms with E-state index in [0.717, 1.165) is 28.1 Å². The van der Waals surface area contributed by atoms with Gasteiger partial charge in [-0.3, -0.25) is 5.10 Å². The Balaban J connectivity index is 0.000000548. The minimum absolute atomic E-state index is 0.00785. The van der Waals surface area contributed by atoms with Crippen molar-refractivity contribution in [3.63, 3.8) is 0 Å². The lowest BCUT2D eigenvalue weighted by atomic mass is 10.1. The maximum Gasteiger partial charge on any atom is 0.490 e. The predicted octanol–water partition coefficient (Wildman–Crippen LogP) is 4.10. The molecule has 0 unspecified atom stereocenters. The second-order valence-corrected chi connectivity index (χ2v) is 8.13. The third-order valence-corrected chi connectivity index (χ3v) is 5.00. The molecule has 0 fully saturated rings. The van der Waals surface area contributed by atoms with Crippen molar-refractivity contribution in [1.29, 1.82) is 0 Å². The van der Waals surface area contributed by atoms with E-state index in [9.17, 15) is 36.2 Å². The summed E-state index contributed by atoms with van der Waals surface area (Å²) in [6.45, 7) is 0.820. The SMILES string of the molecule is COc1cccc(CNC(=O)Nc2ccc(-c3cn[nH]c3)cc2N(C)CCO)c1.O=C(O)C(F)(F)F.O=C(O)C(F)(F)F. The average Bonchev–Trinajstić information content (AvgIpc) is 3.47. The van der Waals surface area contributed by atoms with E-state index < -0.39 is 24.3 Å². The molecule has 18 heteroatoms. The van der Waals surface area contributed by atoms with Crippen molar-refractivity contribution < 1.29 is 60.8 Å². The summed E-state index contributed by atoms with van der Waals surface area (Å²) in [7, 11) is 3.47. The standard InChI is InChI=1S/C21H25N5O3.2C2HF3O2/c1-26(8-9-27)20-11-16(17-13-23-24-14-17)6-7-19(20)25-21(28)22-12-15-4-3-5-18(10-15)29-2;2*3-2(4,5)1(6)7/h3-7,10-11,13-14,27H,8-9,12H2,1-2H3,(H,23,24)(H2,22,25,28);2*(H,6,7). The molecule has 0 bridgehead atoms. The van der Waals surface area contributed by atoms with E-state index in [4.69, 9.17) is 24.5 Å². The number of likely N-dealkylation sites (N-methyl/N-ethyl adjacent to an activating group) is 1. The van der Waals surface area contributed by atoms with Crippen molar-refractivity contribution in [2.24, 2.45) is 0 Å². The maximum absolute atomic E-state index is 12.5. The molecule has 1 heterocycles. The number of alkyl halides is 6. The van der Waals surface area contributed by atoms with Gasteiger partial charge in [-0.25, -0.2) is 14.4 Å². The number of hydrogen-bond acceptors (Lipinski definition) is 7. The zero-order valence-electron chi connectivity index (χ0n) is 22.5. The quantitative estimate of drug-likeness (QED) is 0.202. The number of urea groups is 1. The number of halogens is 6. The average molecular weight is 624 g/mol. The number of carbonyl (C=O) groups is 3. The molecule has 6 N–H and O–H groups in total. The maximum atomic E-state index is 12.5. The number of benzene rings is 2. The normalized spacial score (nSPS) is 10.7. The van der Waals surface area contributed by atoms with E-state index in [-0.39, 0.29) is 12.6 Å². The van der Waals surface area contributed by atoms with Crippen molar-refractivity contribution in [2.45, 2.75) is 18.9 Å². The van der Waals surface area contributed by atoms with E-state index in [2.05, 4.69) is 20.8 Å². The molecule has 0 radical (unpaired) electrons. The van der Waals surface area contributed by atoms with Gasteiger partial charge in [0.05, 0.1) is 31.3 Å². The molecule has 12 nitrogen and oxygen atoms in total. The van der Waals surface area contributed by atoms with Crippen LogP contribution in [0.25, 0.3) is 11.1 Å². The van der Waals surface area contributed by atoms with Gasteiger partial charge in [-0.1, -0.05) is 18.2 Å². The molecule has 3 rings (SSSR count). The molecular formula is C25H27F6N5O7. The van der Waals surface area contributed by atoms with Gasteiger partial charge in [0, 0.05) is 31.9 Å². The number of H-pyrrole nitrogens is 1. The first-order valence-corrected chi connectivity index (χ1v) is 11.7. The second kappa shape index (κ2) is 16.4. The van der Waals surface area contributed by atoms with Crippen LogP contribution in [0.2, 0.25) is 0 Å². The molecule has 0 saturated carbocycles. The summed E-state index contributed by atoms with van der Waals surface area (Å²) in [5.41, 5.74) is 4.29. The molecule has 0 aliphatic rings. The van der Waals surface area contributed by atoms with Gasteiger partial charge in [0.1, 0.15) is 5.75 Å². The molecule has 0 aliphatic carbocycles. The number of nitrogens with zero attached hydrogens (tertiary/aromatic N) is 2. The Hall–Kier alpha value is -5.00. The zero-order chi connectivity index (χ0) is 32.8. The van der Waals surface area contributed by atoms with Crippen LogP contribution < -0.4 is 20.3 Å². The first-order chi connectivity index (χ1) is 20.0. The van der Waals surface area contributed by atoms with Crippen LogP contribution in [0.15, 0.2) is 54.9 Å². The van der Waals surface area contributed by atoms with Crippen molar-refractivity contribution in [2.75, 3.05) is 37.5 Å². The summed E-state index contributed by atoms with van der Waals surface area (Å²) >= 11 is 0. The molecule has 43 heavy (non-hydrogen) atoms. The fourth-order valence-electron chi connectivity index (χ4n) is 2.94. The predicted molar refractivity (Wildman–Crippen MR) is 141 cm³/mol. The number of aromatic amines is 1. The number of hydrogen-bond donors (Lipinski definition) is 6. The van der Waals surface area contributed by atoms with Crippen molar-refractivity contribution in [1.82, 2.24) is 15.5 Å². The number of anilines is 2. The first-order valence-electron chi connectivity index (χ1n) is 11.7. The summed E-state index contributed by atoms with van der Waals surface area (Å²) in [5.74, 6) is -4.77. The fourth-order valence-corrected chi connectivity index (χ4v) is 2.94. The number of carboxylic acid groups (broad SMARTS) is 2. The Kier molecular flexibility index (Phi) is 13.8. The van der Waals surface area contributed by atoms with Gasteiger partial charge in [-0.05, 0) is 35.4 Å². The van der Waals surface area contributed by atoms with Gasteiger partial charge in [0.15, 0.2) is 0 Å². The van der Waals surface area contributed by atoms with Gasteiger partial charge in [-0.2, -0.15) is 31.4 Å². The van der Waals surface area contributed by atoms with Crippen LogP contribution in [0.4, 0.5) is 42.5 Å². The summed E-state index contributed by atoms with van der Waals surface area (Å²) < 4.78 is 68.7. The minimum atomic E-state index is -5.08. The van der Waals surface area contributed by atoms with Crippen LogP contribution in [-0.4, -0.2) is 83.1 Å². The highest BCUT2D eigenvalue weighted by atomic mass is 19.4. The molecule has 2 amide bonds. The lowest BCUT2D eigenvalue weighted by Crippen LogP contribution is -2.30. The highest BCUT2D eigenvalue weighted by Crippen LogP contribution is 2.31. The molecule has 3 aromatic rings. The number of ether oxygens (including phenoxy) is 1.